The highest BCUT2D eigenvalue weighted by atomic mass is 19.2. The Bertz CT molecular complexity index is 407. The number of esters is 1. The lowest BCUT2D eigenvalue weighted by Crippen LogP contribution is -2.08. The molecule has 80 valence electrons. The Morgan fingerprint density at radius 3 is 2.60 bits per heavy atom. The molecule has 1 aromatic rings. The molecular formula is C9H7F2NO3. The Kier molecular flexibility index (Phi) is 3.33. The average Bonchev–Trinajstić information content (AvgIpc) is 2.24. The number of carbonyl (C=O) groups excluding carboxylic acids is 2. The molecule has 4 nitrogen and oxygen atoms in total. The van der Waals surface area contributed by atoms with Gasteiger partial charge >= 0.3 is 5.97 Å². The second-order valence-corrected chi connectivity index (χ2v) is 2.54. The number of hydrogen-bond donors (Lipinski definition) is 1. The third-order valence-electron chi connectivity index (χ3n) is 1.70. The zero-order valence-corrected chi connectivity index (χ0v) is 7.71. The van der Waals surface area contributed by atoms with Gasteiger partial charge in [-0.05, 0) is 12.1 Å². The van der Waals surface area contributed by atoms with Crippen molar-refractivity contribution in [3.05, 3.63) is 29.3 Å². The fraction of sp³-hybridized carbons (Fsp3) is 0.111. The Labute approximate surface area is 83.8 Å². The fourth-order valence-electron chi connectivity index (χ4n) is 0.992. The van der Waals surface area contributed by atoms with Crippen LogP contribution in [0.4, 0.5) is 14.5 Å². The number of hydrogen-bond acceptors (Lipinski definition) is 3. The molecule has 0 aliphatic rings. The van der Waals surface area contributed by atoms with Crippen molar-refractivity contribution in [1.82, 2.24) is 0 Å². The van der Waals surface area contributed by atoms with E-state index in [9.17, 15) is 18.4 Å². The molecule has 0 radical (unpaired) electrons. The monoisotopic (exact) mass is 215 g/mol. The van der Waals surface area contributed by atoms with Crippen LogP contribution in [-0.4, -0.2) is 19.5 Å². The van der Waals surface area contributed by atoms with Gasteiger partial charge in [0.05, 0.1) is 18.4 Å². The van der Waals surface area contributed by atoms with Crippen LogP contribution in [-0.2, 0) is 9.53 Å². The van der Waals surface area contributed by atoms with Gasteiger partial charge in [0.15, 0.2) is 11.6 Å². The first-order chi connectivity index (χ1) is 7.11. The molecule has 0 aliphatic heterocycles. The van der Waals surface area contributed by atoms with Crippen molar-refractivity contribution in [2.45, 2.75) is 0 Å². The molecule has 0 saturated carbocycles. The van der Waals surface area contributed by atoms with Crippen LogP contribution < -0.4 is 5.32 Å². The van der Waals surface area contributed by atoms with Crippen LogP contribution in [0.1, 0.15) is 10.4 Å². The van der Waals surface area contributed by atoms with Crippen LogP contribution in [0.2, 0.25) is 0 Å². The Hall–Kier alpha value is -1.98. The van der Waals surface area contributed by atoms with E-state index in [0.29, 0.717) is 0 Å². The summed E-state index contributed by atoms with van der Waals surface area (Å²) in [5, 5.41) is 1.95. The number of anilines is 1. The van der Waals surface area contributed by atoms with Crippen molar-refractivity contribution in [3.63, 3.8) is 0 Å². The fourth-order valence-corrected chi connectivity index (χ4v) is 0.992. The SMILES string of the molecule is COC(=O)c1ccc(NC=O)c(F)c1F. The van der Waals surface area contributed by atoms with Crippen LogP contribution in [0.15, 0.2) is 12.1 Å². The second-order valence-electron chi connectivity index (χ2n) is 2.54. The van der Waals surface area contributed by atoms with Crippen molar-refractivity contribution in [2.75, 3.05) is 12.4 Å². The smallest absolute Gasteiger partial charge is 0.340 e. The van der Waals surface area contributed by atoms with Gasteiger partial charge in [0, 0.05) is 0 Å². The minimum Gasteiger partial charge on any atom is -0.465 e. The number of carbonyl (C=O) groups is 2. The summed E-state index contributed by atoms with van der Waals surface area (Å²) >= 11 is 0. The molecule has 0 saturated heterocycles. The molecule has 0 spiro atoms. The number of rotatable bonds is 3. The second kappa shape index (κ2) is 4.50. The molecule has 15 heavy (non-hydrogen) atoms. The first-order valence-corrected chi connectivity index (χ1v) is 3.88. The van der Waals surface area contributed by atoms with Crippen LogP contribution >= 0.6 is 0 Å². The van der Waals surface area contributed by atoms with Crippen molar-refractivity contribution in [3.8, 4) is 0 Å². The minimum absolute atomic E-state index is 0.204. The lowest BCUT2D eigenvalue weighted by molar-refractivity contribution is -0.105. The maximum atomic E-state index is 13.2. The van der Waals surface area contributed by atoms with E-state index in [2.05, 4.69) is 4.74 Å². The zero-order valence-electron chi connectivity index (χ0n) is 7.71. The number of benzene rings is 1. The highest BCUT2D eigenvalue weighted by Gasteiger charge is 2.18. The summed E-state index contributed by atoms with van der Waals surface area (Å²) in [6.45, 7) is 0. The minimum atomic E-state index is -1.35. The molecule has 6 heteroatoms. The van der Waals surface area contributed by atoms with Gasteiger partial charge in [-0.25, -0.2) is 13.6 Å². The predicted molar refractivity (Wildman–Crippen MR) is 47.4 cm³/mol. The van der Waals surface area contributed by atoms with Crippen LogP contribution in [0.25, 0.3) is 0 Å². The van der Waals surface area contributed by atoms with Gasteiger partial charge in [0.25, 0.3) is 0 Å². The summed E-state index contributed by atoms with van der Waals surface area (Å²) in [6.07, 6.45) is 0.204. The Morgan fingerprint density at radius 2 is 2.07 bits per heavy atom. The molecule has 1 amide bonds. The summed E-state index contributed by atoms with van der Waals surface area (Å²) in [5.41, 5.74) is -0.860. The van der Waals surface area contributed by atoms with Crippen LogP contribution in [0.3, 0.4) is 0 Å². The maximum Gasteiger partial charge on any atom is 0.340 e. The van der Waals surface area contributed by atoms with E-state index in [1.54, 1.807) is 0 Å². The van der Waals surface area contributed by atoms with Gasteiger partial charge in [-0.15, -0.1) is 0 Å². The molecule has 0 bridgehead atoms. The predicted octanol–water partition coefficient (Wildman–Crippen LogP) is 1.32. The number of amides is 1. The normalized spacial score (nSPS) is 9.53. The lowest BCUT2D eigenvalue weighted by atomic mass is 10.2. The molecule has 0 fully saturated rings. The Balaban J connectivity index is 3.20. The van der Waals surface area contributed by atoms with E-state index in [1.807, 2.05) is 5.32 Å². The van der Waals surface area contributed by atoms with Gasteiger partial charge in [0.1, 0.15) is 0 Å². The summed E-state index contributed by atoms with van der Waals surface area (Å²) in [6, 6.07) is 2.09. The Morgan fingerprint density at radius 1 is 1.40 bits per heavy atom. The first kappa shape index (κ1) is 11.1. The van der Waals surface area contributed by atoms with Crippen molar-refractivity contribution in [1.29, 1.82) is 0 Å². The summed E-state index contributed by atoms with van der Waals surface area (Å²) in [4.78, 5) is 21.0. The van der Waals surface area contributed by atoms with Gasteiger partial charge in [0.2, 0.25) is 6.41 Å². The number of halogens is 2. The number of ether oxygens (including phenoxy) is 1. The first-order valence-electron chi connectivity index (χ1n) is 3.88. The molecule has 0 aromatic heterocycles. The zero-order chi connectivity index (χ0) is 11.4. The third-order valence-corrected chi connectivity index (χ3v) is 1.70. The topological polar surface area (TPSA) is 55.4 Å². The molecule has 0 heterocycles. The highest BCUT2D eigenvalue weighted by molar-refractivity contribution is 5.90. The number of nitrogens with one attached hydrogen (secondary N) is 1. The van der Waals surface area contributed by atoms with Crippen molar-refractivity contribution < 1.29 is 23.1 Å². The molecule has 0 aliphatic carbocycles. The van der Waals surface area contributed by atoms with Gasteiger partial charge in [-0.3, -0.25) is 4.79 Å². The van der Waals surface area contributed by atoms with Gasteiger partial charge in [-0.1, -0.05) is 0 Å². The molecule has 1 aromatic carbocycles. The quantitative estimate of drug-likeness (QED) is 0.611. The largest absolute Gasteiger partial charge is 0.465 e. The van der Waals surface area contributed by atoms with Crippen LogP contribution in [0, 0.1) is 11.6 Å². The van der Waals surface area contributed by atoms with E-state index in [0.717, 1.165) is 19.2 Å². The van der Waals surface area contributed by atoms with Crippen LogP contribution in [0.5, 0.6) is 0 Å². The van der Waals surface area contributed by atoms with Gasteiger partial charge in [-0.2, -0.15) is 0 Å². The summed E-state index contributed by atoms with van der Waals surface area (Å²) in [7, 11) is 1.05. The summed E-state index contributed by atoms with van der Waals surface area (Å²) < 4.78 is 30.6. The standard InChI is InChI=1S/C9H7F2NO3/c1-15-9(14)5-2-3-6(12-4-13)8(11)7(5)10/h2-4H,1H3,(H,12,13). The number of methoxy groups -OCH3 is 1. The van der Waals surface area contributed by atoms with E-state index >= 15 is 0 Å². The molecule has 1 rings (SSSR count). The molecule has 1 N–H and O–H groups in total. The lowest BCUT2D eigenvalue weighted by Gasteiger charge is -2.05. The van der Waals surface area contributed by atoms with E-state index in [-0.39, 0.29) is 12.1 Å². The van der Waals surface area contributed by atoms with Crippen molar-refractivity contribution >= 4 is 18.1 Å². The molecule has 0 unspecified atom stereocenters. The summed E-state index contributed by atoms with van der Waals surface area (Å²) in [5.74, 6) is -3.64. The van der Waals surface area contributed by atoms with Gasteiger partial charge < -0.3 is 10.1 Å². The maximum absolute atomic E-state index is 13.2. The van der Waals surface area contributed by atoms with E-state index in [1.165, 1.54) is 0 Å². The van der Waals surface area contributed by atoms with E-state index < -0.39 is 23.2 Å². The highest BCUT2D eigenvalue weighted by Crippen LogP contribution is 2.20. The average molecular weight is 215 g/mol. The van der Waals surface area contributed by atoms with Crippen molar-refractivity contribution in [2.24, 2.45) is 0 Å². The molecule has 0 atom stereocenters. The van der Waals surface area contributed by atoms with E-state index in [4.69, 9.17) is 0 Å². The third kappa shape index (κ3) is 2.09. The molecular weight excluding hydrogens is 208 g/mol.